The van der Waals surface area contributed by atoms with Crippen LogP contribution < -0.4 is 5.32 Å². The van der Waals surface area contributed by atoms with Crippen LogP contribution in [0.3, 0.4) is 0 Å². The van der Waals surface area contributed by atoms with E-state index >= 15 is 0 Å². The molecule has 1 N–H and O–H groups in total. The topological polar surface area (TPSA) is 32.3 Å². The summed E-state index contributed by atoms with van der Waals surface area (Å²) in [6.45, 7) is 7.99. The van der Waals surface area contributed by atoms with Gasteiger partial charge in [0.1, 0.15) is 5.67 Å². The van der Waals surface area contributed by atoms with Crippen LogP contribution in [0.4, 0.5) is 9.18 Å². The van der Waals surface area contributed by atoms with E-state index in [1.165, 1.54) is 11.8 Å². The fourth-order valence-corrected chi connectivity index (χ4v) is 1.50. The summed E-state index contributed by atoms with van der Waals surface area (Å²) >= 11 is 0. The zero-order valence-corrected chi connectivity index (χ0v) is 9.35. The molecule has 0 radical (unpaired) electrons. The third-order valence-electron chi connectivity index (χ3n) is 2.19. The average Bonchev–Trinajstić information content (AvgIpc) is 2.26. The van der Waals surface area contributed by atoms with E-state index < -0.39 is 5.67 Å². The Hall–Kier alpha value is -0.800. The first kappa shape index (κ1) is 11.3. The quantitative estimate of drug-likeness (QED) is 0.639. The molecule has 2 amide bonds. The summed E-state index contributed by atoms with van der Waals surface area (Å²) in [6.07, 6.45) is 0.435. The minimum absolute atomic E-state index is 0.168. The molecule has 82 valence electrons. The highest BCUT2D eigenvalue weighted by molar-refractivity contribution is 5.75. The number of alkyl halides is 1. The monoisotopic (exact) mass is 202 g/mol. The van der Waals surface area contributed by atoms with Gasteiger partial charge >= 0.3 is 6.03 Å². The molecule has 1 fully saturated rings. The van der Waals surface area contributed by atoms with Crippen LogP contribution in [0.1, 0.15) is 34.1 Å². The van der Waals surface area contributed by atoms with Crippen molar-refractivity contribution < 1.29 is 9.18 Å². The van der Waals surface area contributed by atoms with Gasteiger partial charge in [0.15, 0.2) is 0 Å². The predicted octanol–water partition coefficient (Wildman–Crippen LogP) is 1.93. The number of hydrogen-bond acceptors (Lipinski definition) is 1. The summed E-state index contributed by atoms with van der Waals surface area (Å²) in [5.41, 5.74) is -1.47. The van der Waals surface area contributed by atoms with E-state index in [9.17, 15) is 9.18 Å². The average molecular weight is 202 g/mol. The molecule has 1 unspecified atom stereocenters. The van der Waals surface area contributed by atoms with Crippen molar-refractivity contribution in [1.29, 1.82) is 0 Å². The third-order valence-corrected chi connectivity index (χ3v) is 2.19. The van der Waals surface area contributed by atoms with Crippen LogP contribution in [-0.2, 0) is 0 Å². The van der Waals surface area contributed by atoms with Crippen LogP contribution in [0.5, 0.6) is 0 Å². The SMILES string of the molecule is CC1(F)CCN(C(=O)NC(C)(C)C)C1. The van der Waals surface area contributed by atoms with Crippen molar-refractivity contribution in [3.63, 3.8) is 0 Å². The number of halogens is 1. The molecule has 1 atom stereocenters. The normalized spacial score (nSPS) is 27.9. The van der Waals surface area contributed by atoms with Crippen LogP contribution in [0.25, 0.3) is 0 Å². The second kappa shape index (κ2) is 3.41. The van der Waals surface area contributed by atoms with Crippen molar-refractivity contribution in [3.05, 3.63) is 0 Å². The fourth-order valence-electron chi connectivity index (χ4n) is 1.50. The van der Waals surface area contributed by atoms with E-state index in [1.54, 1.807) is 0 Å². The van der Waals surface area contributed by atoms with E-state index in [2.05, 4.69) is 5.32 Å². The Kier molecular flexibility index (Phi) is 2.74. The maximum absolute atomic E-state index is 13.4. The molecule has 1 heterocycles. The van der Waals surface area contributed by atoms with Gasteiger partial charge in [-0.2, -0.15) is 0 Å². The number of nitrogens with one attached hydrogen (secondary N) is 1. The molecule has 0 aromatic carbocycles. The summed E-state index contributed by atoms with van der Waals surface area (Å²) in [4.78, 5) is 13.1. The lowest BCUT2D eigenvalue weighted by Crippen LogP contribution is -2.48. The van der Waals surface area contributed by atoms with Gasteiger partial charge in [0.2, 0.25) is 0 Å². The second-order valence-electron chi connectivity index (χ2n) is 5.27. The van der Waals surface area contributed by atoms with Crippen molar-refractivity contribution in [2.45, 2.75) is 45.3 Å². The summed E-state index contributed by atoms with van der Waals surface area (Å²) in [5, 5.41) is 2.82. The van der Waals surface area contributed by atoms with Crippen molar-refractivity contribution in [2.75, 3.05) is 13.1 Å². The van der Waals surface area contributed by atoms with Crippen LogP contribution in [0.15, 0.2) is 0 Å². The highest BCUT2D eigenvalue weighted by Gasteiger charge is 2.36. The number of carbonyl (C=O) groups excluding carboxylic acids is 1. The van der Waals surface area contributed by atoms with E-state index in [0.717, 1.165) is 0 Å². The Morgan fingerprint density at radius 3 is 2.43 bits per heavy atom. The van der Waals surface area contributed by atoms with Gasteiger partial charge in [-0.05, 0) is 27.7 Å². The number of hydrogen-bond donors (Lipinski definition) is 1. The van der Waals surface area contributed by atoms with Gasteiger partial charge in [0, 0.05) is 18.5 Å². The molecule has 1 saturated heterocycles. The highest BCUT2D eigenvalue weighted by atomic mass is 19.1. The third kappa shape index (κ3) is 3.16. The molecule has 0 aromatic heterocycles. The Labute approximate surface area is 84.7 Å². The Bertz CT molecular complexity index is 233. The van der Waals surface area contributed by atoms with E-state index in [4.69, 9.17) is 0 Å². The number of amides is 2. The Morgan fingerprint density at radius 2 is 2.07 bits per heavy atom. The van der Waals surface area contributed by atoms with Crippen molar-refractivity contribution in [1.82, 2.24) is 10.2 Å². The summed E-state index contributed by atoms with van der Waals surface area (Å²) in [5.74, 6) is 0. The van der Waals surface area contributed by atoms with Gasteiger partial charge in [-0.25, -0.2) is 9.18 Å². The van der Waals surface area contributed by atoms with Crippen LogP contribution in [-0.4, -0.2) is 35.2 Å². The van der Waals surface area contributed by atoms with E-state index in [1.807, 2.05) is 20.8 Å². The zero-order chi connectivity index (χ0) is 11.0. The van der Waals surface area contributed by atoms with Crippen molar-refractivity contribution >= 4 is 6.03 Å². The molecule has 1 aliphatic heterocycles. The maximum Gasteiger partial charge on any atom is 0.317 e. The lowest BCUT2D eigenvalue weighted by Gasteiger charge is -2.25. The van der Waals surface area contributed by atoms with Crippen molar-refractivity contribution in [2.24, 2.45) is 0 Å². The minimum atomic E-state index is -1.21. The first-order valence-corrected chi connectivity index (χ1v) is 4.96. The number of carbonyl (C=O) groups is 1. The van der Waals surface area contributed by atoms with Gasteiger partial charge < -0.3 is 10.2 Å². The van der Waals surface area contributed by atoms with Crippen LogP contribution in [0, 0.1) is 0 Å². The molecule has 0 bridgehead atoms. The number of urea groups is 1. The van der Waals surface area contributed by atoms with Gasteiger partial charge in [-0.1, -0.05) is 0 Å². The van der Waals surface area contributed by atoms with Gasteiger partial charge in [-0.3, -0.25) is 0 Å². The van der Waals surface area contributed by atoms with Crippen LogP contribution >= 0.6 is 0 Å². The molecule has 0 spiro atoms. The predicted molar refractivity (Wildman–Crippen MR) is 54.0 cm³/mol. The highest BCUT2D eigenvalue weighted by Crippen LogP contribution is 2.24. The number of nitrogens with zero attached hydrogens (tertiary/aromatic N) is 1. The molecule has 1 aliphatic rings. The van der Waals surface area contributed by atoms with E-state index in [-0.39, 0.29) is 18.1 Å². The molecule has 3 nitrogen and oxygen atoms in total. The Morgan fingerprint density at radius 1 is 1.50 bits per heavy atom. The summed E-state index contributed by atoms with van der Waals surface area (Å²) in [6, 6.07) is -0.168. The standard InChI is InChI=1S/C10H19FN2O/c1-9(2,3)12-8(14)13-6-5-10(4,11)7-13/h5-7H2,1-4H3,(H,12,14). The number of rotatable bonds is 0. The maximum atomic E-state index is 13.4. The molecule has 0 aliphatic carbocycles. The van der Waals surface area contributed by atoms with E-state index in [0.29, 0.717) is 13.0 Å². The summed E-state index contributed by atoms with van der Waals surface area (Å²) < 4.78 is 13.4. The first-order valence-electron chi connectivity index (χ1n) is 4.96. The van der Waals surface area contributed by atoms with Gasteiger partial charge in [0.25, 0.3) is 0 Å². The first-order chi connectivity index (χ1) is 6.20. The smallest absolute Gasteiger partial charge is 0.317 e. The largest absolute Gasteiger partial charge is 0.333 e. The fraction of sp³-hybridized carbons (Fsp3) is 0.900. The molecule has 0 saturated carbocycles. The second-order valence-corrected chi connectivity index (χ2v) is 5.27. The summed E-state index contributed by atoms with van der Waals surface area (Å²) in [7, 11) is 0. The van der Waals surface area contributed by atoms with Gasteiger partial charge in [-0.15, -0.1) is 0 Å². The lowest BCUT2D eigenvalue weighted by molar-refractivity contribution is 0.173. The Balaban J connectivity index is 2.48. The van der Waals surface area contributed by atoms with Crippen LogP contribution in [0.2, 0.25) is 0 Å². The molecular formula is C10H19FN2O. The zero-order valence-electron chi connectivity index (χ0n) is 9.35. The van der Waals surface area contributed by atoms with Gasteiger partial charge in [0.05, 0.1) is 6.54 Å². The molecular weight excluding hydrogens is 183 g/mol. The molecule has 4 heteroatoms. The lowest BCUT2D eigenvalue weighted by atomic mass is 10.1. The minimum Gasteiger partial charge on any atom is -0.333 e. The molecule has 14 heavy (non-hydrogen) atoms. The molecule has 0 aromatic rings. The molecule has 1 rings (SSSR count). The van der Waals surface area contributed by atoms with Crippen molar-refractivity contribution in [3.8, 4) is 0 Å². The number of likely N-dealkylation sites (tertiary alicyclic amines) is 1.